The number of carbonyl (C=O) groups is 2. The summed E-state index contributed by atoms with van der Waals surface area (Å²) >= 11 is 0. The fraction of sp³-hybridized carbons (Fsp3) is 0.786. The fourth-order valence-corrected chi connectivity index (χ4v) is 2.05. The number of imide groups is 1. The van der Waals surface area contributed by atoms with Crippen LogP contribution in [0.15, 0.2) is 4.99 Å². The summed E-state index contributed by atoms with van der Waals surface area (Å²) < 4.78 is 0. The summed E-state index contributed by atoms with van der Waals surface area (Å²) in [7, 11) is 1.71. The van der Waals surface area contributed by atoms with Crippen LogP contribution in [0.1, 0.15) is 33.6 Å². The third-order valence-electron chi connectivity index (χ3n) is 3.35. The average molecular weight is 425 g/mol. The van der Waals surface area contributed by atoms with Gasteiger partial charge in [0.05, 0.1) is 6.54 Å². The number of aliphatic imine (C=N–C) groups is 1. The van der Waals surface area contributed by atoms with E-state index in [2.05, 4.69) is 41.7 Å². The van der Waals surface area contributed by atoms with Gasteiger partial charge in [0.25, 0.3) is 0 Å². The molecule has 0 radical (unpaired) electrons. The van der Waals surface area contributed by atoms with Crippen molar-refractivity contribution >= 4 is 41.9 Å². The first kappa shape index (κ1) is 20.9. The van der Waals surface area contributed by atoms with E-state index < -0.39 is 0 Å². The van der Waals surface area contributed by atoms with Crippen LogP contribution < -0.4 is 16.0 Å². The van der Waals surface area contributed by atoms with Crippen molar-refractivity contribution in [3.63, 3.8) is 0 Å². The van der Waals surface area contributed by atoms with Gasteiger partial charge in [-0.3, -0.25) is 14.7 Å². The molecular formula is C14H28IN5O2. The SMILES string of the molecule is CN=C(NCCN1C(=O)CNC1=O)NC(C)CCC(C)C.I. The highest BCUT2D eigenvalue weighted by molar-refractivity contribution is 14.0. The molecule has 3 N–H and O–H groups in total. The van der Waals surface area contributed by atoms with Crippen molar-refractivity contribution in [3.05, 3.63) is 0 Å². The van der Waals surface area contributed by atoms with Gasteiger partial charge in [-0.25, -0.2) is 4.79 Å². The number of guanidine groups is 1. The molecule has 1 rings (SSSR count). The van der Waals surface area contributed by atoms with Gasteiger partial charge in [0.1, 0.15) is 0 Å². The number of hydrogen-bond donors (Lipinski definition) is 3. The second-order valence-electron chi connectivity index (χ2n) is 5.72. The molecular weight excluding hydrogens is 397 g/mol. The summed E-state index contributed by atoms with van der Waals surface area (Å²) in [6.45, 7) is 7.45. The molecule has 8 heteroatoms. The molecule has 1 fully saturated rings. The quantitative estimate of drug-likeness (QED) is 0.247. The first-order valence-corrected chi connectivity index (χ1v) is 7.49. The van der Waals surface area contributed by atoms with Crippen LogP contribution in [0.4, 0.5) is 4.79 Å². The van der Waals surface area contributed by atoms with E-state index in [1.807, 2.05) is 0 Å². The third kappa shape index (κ3) is 7.28. The Morgan fingerprint density at radius 1 is 1.32 bits per heavy atom. The van der Waals surface area contributed by atoms with Gasteiger partial charge in [-0.2, -0.15) is 0 Å². The number of nitrogens with one attached hydrogen (secondary N) is 3. The molecule has 0 aromatic carbocycles. The summed E-state index contributed by atoms with van der Waals surface area (Å²) in [5.74, 6) is 1.19. The molecule has 22 heavy (non-hydrogen) atoms. The number of rotatable bonds is 7. The Kier molecular flexibility index (Phi) is 10.1. The summed E-state index contributed by atoms with van der Waals surface area (Å²) in [6.07, 6.45) is 2.24. The standard InChI is InChI=1S/C14H27N5O2.HI/c1-10(2)5-6-11(3)18-13(15-4)16-7-8-19-12(20)9-17-14(19)21;/h10-11H,5-9H2,1-4H3,(H,17,21)(H2,15,16,18);1H. The van der Waals surface area contributed by atoms with Gasteiger partial charge in [-0.05, 0) is 25.7 Å². The number of hydrogen-bond acceptors (Lipinski definition) is 3. The van der Waals surface area contributed by atoms with Crippen LogP contribution in [-0.2, 0) is 4.79 Å². The summed E-state index contributed by atoms with van der Waals surface area (Å²) in [6, 6.07) is 0.00497. The molecule has 3 amide bonds. The van der Waals surface area contributed by atoms with Gasteiger partial charge in [0.15, 0.2) is 5.96 Å². The first-order valence-electron chi connectivity index (χ1n) is 7.49. The predicted octanol–water partition coefficient (Wildman–Crippen LogP) is 1.15. The number of halogens is 1. The van der Waals surface area contributed by atoms with Crippen molar-refractivity contribution in [1.82, 2.24) is 20.9 Å². The minimum Gasteiger partial charge on any atom is -0.355 e. The minimum absolute atomic E-state index is 0. The largest absolute Gasteiger partial charge is 0.355 e. The maximum absolute atomic E-state index is 11.4. The van der Waals surface area contributed by atoms with E-state index in [9.17, 15) is 9.59 Å². The maximum Gasteiger partial charge on any atom is 0.324 e. The Hall–Kier alpha value is -1.06. The highest BCUT2D eigenvalue weighted by Gasteiger charge is 2.27. The maximum atomic E-state index is 11.4. The van der Waals surface area contributed by atoms with Gasteiger partial charge < -0.3 is 16.0 Å². The third-order valence-corrected chi connectivity index (χ3v) is 3.35. The van der Waals surface area contributed by atoms with Crippen LogP contribution in [0, 0.1) is 5.92 Å². The molecule has 7 nitrogen and oxygen atoms in total. The smallest absolute Gasteiger partial charge is 0.324 e. The topological polar surface area (TPSA) is 85.8 Å². The molecule has 1 heterocycles. The van der Waals surface area contributed by atoms with E-state index in [1.54, 1.807) is 7.05 Å². The lowest BCUT2D eigenvalue weighted by Gasteiger charge is -2.19. The highest BCUT2D eigenvalue weighted by Crippen LogP contribution is 2.06. The lowest BCUT2D eigenvalue weighted by molar-refractivity contribution is -0.124. The van der Waals surface area contributed by atoms with E-state index in [1.165, 1.54) is 4.90 Å². The summed E-state index contributed by atoms with van der Waals surface area (Å²) in [5.41, 5.74) is 0. The zero-order valence-corrected chi connectivity index (χ0v) is 16.1. The van der Waals surface area contributed by atoms with Crippen LogP contribution in [0.2, 0.25) is 0 Å². The van der Waals surface area contributed by atoms with Gasteiger partial charge in [-0.1, -0.05) is 13.8 Å². The summed E-state index contributed by atoms with van der Waals surface area (Å²) in [5, 5.41) is 8.92. The molecule has 1 saturated heterocycles. The zero-order valence-electron chi connectivity index (χ0n) is 13.8. The molecule has 0 bridgehead atoms. The fourth-order valence-electron chi connectivity index (χ4n) is 2.05. The molecule has 0 aromatic heterocycles. The summed E-state index contributed by atoms with van der Waals surface area (Å²) in [4.78, 5) is 28.2. The predicted molar refractivity (Wildman–Crippen MR) is 98.6 cm³/mol. The van der Waals surface area contributed by atoms with Gasteiger partial charge in [0.2, 0.25) is 5.91 Å². The molecule has 0 spiro atoms. The number of urea groups is 1. The Morgan fingerprint density at radius 2 is 2.00 bits per heavy atom. The molecule has 0 aromatic rings. The van der Waals surface area contributed by atoms with Crippen molar-refractivity contribution in [2.75, 3.05) is 26.7 Å². The zero-order chi connectivity index (χ0) is 15.8. The van der Waals surface area contributed by atoms with Crippen LogP contribution in [-0.4, -0.2) is 55.5 Å². The number of carbonyl (C=O) groups excluding carboxylic acids is 2. The van der Waals surface area contributed by atoms with Crippen LogP contribution in [0.5, 0.6) is 0 Å². The molecule has 0 saturated carbocycles. The van der Waals surface area contributed by atoms with E-state index in [0.717, 1.165) is 12.8 Å². The van der Waals surface area contributed by atoms with E-state index in [0.29, 0.717) is 31.0 Å². The molecule has 1 aliphatic rings. The van der Waals surface area contributed by atoms with Crippen molar-refractivity contribution in [1.29, 1.82) is 0 Å². The average Bonchev–Trinajstić information content (AvgIpc) is 2.75. The highest BCUT2D eigenvalue weighted by atomic mass is 127. The van der Waals surface area contributed by atoms with E-state index >= 15 is 0 Å². The Bertz CT molecular complexity index is 385. The van der Waals surface area contributed by atoms with Gasteiger partial charge in [-0.15, -0.1) is 24.0 Å². The van der Waals surface area contributed by atoms with Crippen LogP contribution >= 0.6 is 24.0 Å². The van der Waals surface area contributed by atoms with Gasteiger partial charge >= 0.3 is 6.03 Å². The van der Waals surface area contributed by atoms with Crippen molar-refractivity contribution in [2.24, 2.45) is 10.9 Å². The molecule has 1 unspecified atom stereocenters. The van der Waals surface area contributed by atoms with Crippen molar-refractivity contribution in [2.45, 2.75) is 39.7 Å². The monoisotopic (exact) mass is 425 g/mol. The van der Waals surface area contributed by atoms with Crippen molar-refractivity contribution < 1.29 is 9.59 Å². The van der Waals surface area contributed by atoms with Gasteiger partial charge in [0, 0.05) is 26.2 Å². The Labute approximate surface area is 149 Å². The van der Waals surface area contributed by atoms with Crippen molar-refractivity contribution in [3.8, 4) is 0 Å². The van der Waals surface area contributed by atoms with E-state index in [4.69, 9.17) is 0 Å². The normalized spacial score (nSPS) is 16.4. The number of nitrogens with zero attached hydrogens (tertiary/aromatic N) is 2. The lowest BCUT2D eigenvalue weighted by atomic mass is 10.0. The molecule has 0 aliphatic carbocycles. The Balaban J connectivity index is 0.00000441. The Morgan fingerprint density at radius 3 is 2.50 bits per heavy atom. The molecule has 128 valence electrons. The van der Waals surface area contributed by atoms with Crippen LogP contribution in [0.25, 0.3) is 0 Å². The number of amides is 3. The molecule has 1 aliphatic heterocycles. The lowest BCUT2D eigenvalue weighted by Crippen LogP contribution is -2.45. The first-order chi connectivity index (χ1) is 9.93. The molecule has 1 atom stereocenters. The van der Waals surface area contributed by atoms with Crippen LogP contribution in [0.3, 0.4) is 0 Å². The second-order valence-corrected chi connectivity index (χ2v) is 5.72. The second kappa shape index (κ2) is 10.6. The van der Waals surface area contributed by atoms with E-state index in [-0.39, 0.29) is 42.5 Å². The minimum atomic E-state index is -0.324.